The molecular formula is C13H15FN2O4. The van der Waals surface area contributed by atoms with Gasteiger partial charge in [-0.1, -0.05) is 0 Å². The third kappa shape index (κ3) is 2.97. The minimum atomic E-state index is -2.19. The van der Waals surface area contributed by atoms with Gasteiger partial charge in [0.15, 0.2) is 11.5 Å². The summed E-state index contributed by atoms with van der Waals surface area (Å²) in [4.78, 5) is 11.4. The number of rotatable bonds is 5. The van der Waals surface area contributed by atoms with Crippen LogP contribution in [0.15, 0.2) is 12.1 Å². The van der Waals surface area contributed by atoms with Crippen molar-refractivity contribution in [2.24, 2.45) is 5.73 Å². The Balaban J connectivity index is 3.24. The second-order valence-corrected chi connectivity index (χ2v) is 3.87. The number of hydrogen-bond acceptors (Lipinski definition) is 6. The molecule has 1 aromatic rings. The summed E-state index contributed by atoms with van der Waals surface area (Å²) < 4.78 is 23.3. The summed E-state index contributed by atoms with van der Waals surface area (Å²) in [5, 5.41) is 18.9. The molecule has 3 N–H and O–H groups in total. The van der Waals surface area contributed by atoms with E-state index in [1.54, 1.807) is 6.07 Å². The van der Waals surface area contributed by atoms with Gasteiger partial charge in [-0.3, -0.25) is 0 Å². The van der Waals surface area contributed by atoms with E-state index in [1.165, 1.54) is 26.2 Å². The monoisotopic (exact) mass is 282 g/mol. The molecule has 0 aliphatic carbocycles. The molecule has 0 saturated heterocycles. The second kappa shape index (κ2) is 6.73. The van der Waals surface area contributed by atoms with E-state index < -0.39 is 23.9 Å². The number of esters is 1. The standard InChI is InChI=1S/C13H15FN2O4/c1-3-20-13(18)10(14)11(16)9-7(6-15)4-5-8(19-2)12(9)17/h4-5,10-11,17H,3,16H2,1-2H3/t10?,11-/m0/s1. The van der Waals surface area contributed by atoms with Crippen molar-refractivity contribution in [1.29, 1.82) is 5.26 Å². The number of carbonyl (C=O) groups is 1. The summed E-state index contributed by atoms with van der Waals surface area (Å²) >= 11 is 0. The second-order valence-electron chi connectivity index (χ2n) is 3.87. The van der Waals surface area contributed by atoms with Crippen LogP contribution >= 0.6 is 0 Å². The third-order valence-electron chi connectivity index (χ3n) is 2.68. The number of methoxy groups -OCH3 is 1. The van der Waals surface area contributed by atoms with Crippen LogP contribution in [0.2, 0.25) is 0 Å². The van der Waals surface area contributed by atoms with Crippen LogP contribution in [0, 0.1) is 11.3 Å². The van der Waals surface area contributed by atoms with E-state index in [2.05, 4.69) is 4.74 Å². The van der Waals surface area contributed by atoms with Crippen molar-refractivity contribution in [3.8, 4) is 17.6 Å². The van der Waals surface area contributed by atoms with E-state index in [9.17, 15) is 14.3 Å². The number of phenols is 1. The van der Waals surface area contributed by atoms with Crippen LogP contribution in [-0.4, -0.2) is 31.0 Å². The average molecular weight is 282 g/mol. The molecule has 1 rings (SSSR count). The third-order valence-corrected chi connectivity index (χ3v) is 2.68. The first kappa shape index (κ1) is 15.7. The number of ether oxygens (including phenoxy) is 2. The Labute approximate surface area is 115 Å². The highest BCUT2D eigenvalue weighted by Crippen LogP contribution is 2.37. The number of nitriles is 1. The van der Waals surface area contributed by atoms with Gasteiger partial charge in [0.05, 0.1) is 31.4 Å². The van der Waals surface area contributed by atoms with Crippen LogP contribution in [0.4, 0.5) is 4.39 Å². The molecule has 0 aliphatic rings. The SMILES string of the molecule is CCOC(=O)C(F)[C@@H](N)c1c(C#N)ccc(OC)c1O. The van der Waals surface area contributed by atoms with Gasteiger partial charge in [0.1, 0.15) is 0 Å². The number of carbonyl (C=O) groups excluding carboxylic acids is 1. The smallest absolute Gasteiger partial charge is 0.342 e. The quantitative estimate of drug-likeness (QED) is 0.785. The Morgan fingerprint density at radius 2 is 2.25 bits per heavy atom. The van der Waals surface area contributed by atoms with Gasteiger partial charge in [-0.15, -0.1) is 0 Å². The topological polar surface area (TPSA) is 106 Å². The first-order valence-electron chi connectivity index (χ1n) is 5.84. The number of phenolic OH excluding ortho intramolecular Hbond substituents is 1. The van der Waals surface area contributed by atoms with E-state index in [0.717, 1.165) is 0 Å². The molecule has 0 amide bonds. The lowest BCUT2D eigenvalue weighted by Crippen LogP contribution is -2.32. The Morgan fingerprint density at radius 1 is 1.60 bits per heavy atom. The molecule has 0 fully saturated rings. The predicted octanol–water partition coefficient (Wildman–Crippen LogP) is 1.17. The number of nitrogens with two attached hydrogens (primary N) is 1. The average Bonchev–Trinajstić information content (AvgIpc) is 2.45. The van der Waals surface area contributed by atoms with E-state index in [1.807, 2.05) is 0 Å². The Bertz CT molecular complexity index is 542. The fraction of sp³-hybridized carbons (Fsp3) is 0.385. The van der Waals surface area contributed by atoms with E-state index >= 15 is 0 Å². The van der Waals surface area contributed by atoms with Crippen LogP contribution in [-0.2, 0) is 9.53 Å². The number of hydrogen-bond donors (Lipinski definition) is 2. The molecule has 0 saturated carbocycles. The molecular weight excluding hydrogens is 267 g/mol. The molecule has 0 spiro atoms. The summed E-state index contributed by atoms with van der Waals surface area (Å²) in [6.45, 7) is 1.53. The fourth-order valence-electron chi connectivity index (χ4n) is 1.70. The number of aromatic hydroxyl groups is 1. The van der Waals surface area contributed by atoms with Crippen molar-refractivity contribution in [2.75, 3.05) is 13.7 Å². The zero-order chi connectivity index (χ0) is 15.3. The van der Waals surface area contributed by atoms with Crippen LogP contribution < -0.4 is 10.5 Å². The molecule has 7 heteroatoms. The molecule has 6 nitrogen and oxygen atoms in total. The number of alkyl halides is 1. The maximum absolute atomic E-state index is 13.9. The highest BCUT2D eigenvalue weighted by molar-refractivity contribution is 5.76. The molecule has 0 bridgehead atoms. The van der Waals surface area contributed by atoms with Gasteiger partial charge >= 0.3 is 5.97 Å². The first-order valence-corrected chi connectivity index (χ1v) is 5.84. The lowest BCUT2D eigenvalue weighted by Gasteiger charge is -2.19. The van der Waals surface area contributed by atoms with Gasteiger partial charge in [-0.25, -0.2) is 9.18 Å². The Morgan fingerprint density at radius 3 is 2.75 bits per heavy atom. The molecule has 0 radical (unpaired) electrons. The van der Waals surface area contributed by atoms with Crippen molar-refractivity contribution >= 4 is 5.97 Å². The summed E-state index contributed by atoms with van der Waals surface area (Å²) in [6, 6.07) is 2.93. The highest BCUT2D eigenvalue weighted by atomic mass is 19.1. The van der Waals surface area contributed by atoms with E-state index in [0.29, 0.717) is 0 Å². The van der Waals surface area contributed by atoms with Crippen molar-refractivity contribution in [3.05, 3.63) is 23.3 Å². The zero-order valence-electron chi connectivity index (χ0n) is 11.1. The summed E-state index contributed by atoms with van der Waals surface area (Å²) in [5.41, 5.74) is 5.40. The van der Waals surface area contributed by atoms with Gasteiger partial charge in [0, 0.05) is 5.56 Å². The fourth-order valence-corrected chi connectivity index (χ4v) is 1.70. The largest absolute Gasteiger partial charge is 0.504 e. The van der Waals surface area contributed by atoms with Crippen LogP contribution in [0.5, 0.6) is 11.5 Å². The normalized spacial score (nSPS) is 13.2. The molecule has 2 atom stereocenters. The first-order chi connectivity index (χ1) is 9.47. The Hall–Kier alpha value is -2.33. The molecule has 20 heavy (non-hydrogen) atoms. The van der Waals surface area contributed by atoms with Gasteiger partial charge < -0.3 is 20.3 Å². The summed E-state index contributed by atoms with van der Waals surface area (Å²) in [5.74, 6) is -1.58. The van der Waals surface area contributed by atoms with Crippen molar-refractivity contribution in [1.82, 2.24) is 0 Å². The number of halogens is 1. The molecule has 0 aliphatic heterocycles. The van der Waals surface area contributed by atoms with Crippen LogP contribution in [0.1, 0.15) is 24.1 Å². The highest BCUT2D eigenvalue weighted by Gasteiger charge is 2.32. The molecule has 0 heterocycles. The number of nitrogens with zero attached hydrogens (tertiary/aromatic N) is 1. The predicted molar refractivity (Wildman–Crippen MR) is 67.8 cm³/mol. The van der Waals surface area contributed by atoms with Gasteiger partial charge in [0.2, 0.25) is 6.17 Å². The maximum atomic E-state index is 13.9. The van der Waals surface area contributed by atoms with Crippen molar-refractivity contribution in [2.45, 2.75) is 19.1 Å². The van der Waals surface area contributed by atoms with Crippen molar-refractivity contribution in [3.63, 3.8) is 0 Å². The minimum absolute atomic E-state index is 0.00116. The van der Waals surface area contributed by atoms with Crippen molar-refractivity contribution < 1.29 is 23.8 Å². The lowest BCUT2D eigenvalue weighted by molar-refractivity contribution is -0.149. The number of benzene rings is 1. The molecule has 1 aromatic carbocycles. The summed E-state index contributed by atoms with van der Waals surface area (Å²) in [7, 11) is 1.30. The van der Waals surface area contributed by atoms with Crippen LogP contribution in [0.3, 0.4) is 0 Å². The lowest BCUT2D eigenvalue weighted by atomic mass is 9.96. The van der Waals surface area contributed by atoms with E-state index in [4.69, 9.17) is 15.7 Å². The Kier molecular flexibility index (Phi) is 5.29. The van der Waals surface area contributed by atoms with Gasteiger partial charge in [0.25, 0.3) is 0 Å². The zero-order valence-corrected chi connectivity index (χ0v) is 11.1. The molecule has 108 valence electrons. The minimum Gasteiger partial charge on any atom is -0.504 e. The molecule has 1 unspecified atom stereocenters. The van der Waals surface area contributed by atoms with Crippen LogP contribution in [0.25, 0.3) is 0 Å². The maximum Gasteiger partial charge on any atom is 0.342 e. The van der Waals surface area contributed by atoms with E-state index in [-0.39, 0.29) is 23.5 Å². The summed E-state index contributed by atoms with van der Waals surface area (Å²) in [6.07, 6.45) is -2.19. The van der Waals surface area contributed by atoms with Gasteiger partial charge in [-0.2, -0.15) is 5.26 Å². The molecule has 0 aromatic heterocycles. The van der Waals surface area contributed by atoms with Gasteiger partial charge in [-0.05, 0) is 19.1 Å².